The number of aromatic nitrogens is 2. The van der Waals surface area contributed by atoms with E-state index in [0.717, 1.165) is 22.1 Å². The van der Waals surface area contributed by atoms with Crippen molar-refractivity contribution in [1.82, 2.24) is 9.97 Å². The van der Waals surface area contributed by atoms with Crippen LogP contribution in [0.15, 0.2) is 23.4 Å². The number of carbonyl (C=O) groups excluding carboxylic acids is 1. The Labute approximate surface area is 150 Å². The average Bonchev–Trinajstić information content (AvgIpc) is 2.50. The second-order valence-corrected chi connectivity index (χ2v) is 6.57. The molecule has 0 atom stereocenters. The zero-order valence-corrected chi connectivity index (χ0v) is 15.4. The molecule has 4 nitrogen and oxygen atoms in total. The van der Waals surface area contributed by atoms with E-state index in [-0.39, 0.29) is 5.91 Å². The number of carbonyl (C=O) groups is 1. The Hall–Kier alpha value is -1.30. The third-order valence-corrected chi connectivity index (χ3v) is 4.78. The molecule has 7 heteroatoms. The number of hydrogen-bond acceptors (Lipinski definition) is 4. The van der Waals surface area contributed by atoms with Crippen LogP contribution in [0.3, 0.4) is 0 Å². The van der Waals surface area contributed by atoms with Gasteiger partial charge < -0.3 is 5.32 Å². The third-order valence-electron chi connectivity index (χ3n) is 3.41. The minimum atomic E-state index is -0.123. The molecule has 2 rings (SSSR count). The average molecular weight is 370 g/mol. The van der Waals surface area contributed by atoms with Gasteiger partial charge in [0.25, 0.3) is 0 Å². The first kappa shape index (κ1) is 18.0. The van der Waals surface area contributed by atoms with Gasteiger partial charge in [-0.2, -0.15) is 0 Å². The van der Waals surface area contributed by atoms with Gasteiger partial charge in [0.15, 0.2) is 5.16 Å². The predicted molar refractivity (Wildman–Crippen MR) is 96.7 cm³/mol. The lowest BCUT2D eigenvalue weighted by atomic mass is 10.1. The number of amides is 1. The SMILES string of the molecule is CSc1nc(C)c(CCC(=O)Nc2cccc(Cl)c2Cl)c(C)n1. The molecule has 0 aliphatic heterocycles. The number of aryl methyl sites for hydroxylation is 2. The molecule has 1 heterocycles. The lowest BCUT2D eigenvalue weighted by Gasteiger charge is -2.11. The van der Waals surface area contributed by atoms with Gasteiger partial charge in [0.05, 0.1) is 15.7 Å². The lowest BCUT2D eigenvalue weighted by Crippen LogP contribution is -2.14. The van der Waals surface area contributed by atoms with Crippen molar-refractivity contribution in [2.24, 2.45) is 0 Å². The van der Waals surface area contributed by atoms with E-state index in [1.165, 1.54) is 11.8 Å². The van der Waals surface area contributed by atoms with E-state index in [1.54, 1.807) is 18.2 Å². The van der Waals surface area contributed by atoms with E-state index in [2.05, 4.69) is 15.3 Å². The second-order valence-electron chi connectivity index (χ2n) is 5.01. The smallest absolute Gasteiger partial charge is 0.224 e. The van der Waals surface area contributed by atoms with E-state index in [0.29, 0.717) is 28.6 Å². The molecule has 2 aromatic rings. The molecular weight excluding hydrogens is 353 g/mol. The van der Waals surface area contributed by atoms with Crippen LogP contribution in [0.5, 0.6) is 0 Å². The number of rotatable bonds is 5. The van der Waals surface area contributed by atoms with Crippen molar-refractivity contribution in [3.63, 3.8) is 0 Å². The topological polar surface area (TPSA) is 54.9 Å². The Bertz CT molecular complexity index is 714. The number of nitrogens with zero attached hydrogens (tertiary/aromatic N) is 2. The molecule has 0 unspecified atom stereocenters. The fourth-order valence-corrected chi connectivity index (χ4v) is 3.02. The maximum atomic E-state index is 12.1. The highest BCUT2D eigenvalue weighted by molar-refractivity contribution is 7.98. The number of anilines is 1. The van der Waals surface area contributed by atoms with Gasteiger partial charge in [0, 0.05) is 17.8 Å². The fraction of sp³-hybridized carbons (Fsp3) is 0.312. The van der Waals surface area contributed by atoms with Crippen molar-refractivity contribution in [3.05, 3.63) is 45.2 Å². The van der Waals surface area contributed by atoms with Crippen LogP contribution < -0.4 is 5.32 Å². The molecule has 0 aliphatic carbocycles. The van der Waals surface area contributed by atoms with Crippen LogP contribution in [-0.2, 0) is 11.2 Å². The van der Waals surface area contributed by atoms with Gasteiger partial charge in [-0.05, 0) is 44.2 Å². The minimum Gasteiger partial charge on any atom is -0.325 e. The third kappa shape index (κ3) is 4.59. The van der Waals surface area contributed by atoms with Gasteiger partial charge in [-0.25, -0.2) is 9.97 Å². The van der Waals surface area contributed by atoms with Crippen LogP contribution in [-0.4, -0.2) is 22.1 Å². The van der Waals surface area contributed by atoms with E-state index in [1.807, 2.05) is 20.1 Å². The molecule has 1 aromatic heterocycles. The summed E-state index contributed by atoms with van der Waals surface area (Å²) in [7, 11) is 0. The highest BCUT2D eigenvalue weighted by Gasteiger charge is 2.12. The van der Waals surface area contributed by atoms with Crippen LogP contribution in [0.25, 0.3) is 0 Å². The molecule has 0 spiro atoms. The van der Waals surface area contributed by atoms with Crippen molar-refractivity contribution in [2.45, 2.75) is 31.8 Å². The molecule has 0 aliphatic rings. The van der Waals surface area contributed by atoms with Crippen molar-refractivity contribution >= 4 is 46.6 Å². The standard InChI is InChI=1S/C16H17Cl2N3OS/c1-9-11(10(2)20-16(19-9)23-3)7-8-14(22)21-13-6-4-5-12(17)15(13)18/h4-6H,7-8H2,1-3H3,(H,21,22). The van der Waals surface area contributed by atoms with Crippen LogP contribution in [0.2, 0.25) is 10.0 Å². The summed E-state index contributed by atoms with van der Waals surface area (Å²) in [6.45, 7) is 3.88. The van der Waals surface area contributed by atoms with E-state index < -0.39 is 0 Å². The van der Waals surface area contributed by atoms with Gasteiger partial charge in [0.2, 0.25) is 5.91 Å². The number of nitrogens with one attached hydrogen (secondary N) is 1. The van der Waals surface area contributed by atoms with Crippen LogP contribution in [0.1, 0.15) is 23.4 Å². The Morgan fingerprint density at radius 2 is 1.87 bits per heavy atom. The van der Waals surface area contributed by atoms with Gasteiger partial charge in [-0.1, -0.05) is 41.0 Å². The molecule has 0 bridgehead atoms. The Balaban J connectivity index is 2.04. The molecular formula is C16H17Cl2N3OS. The number of halogens is 2. The zero-order chi connectivity index (χ0) is 17.0. The summed E-state index contributed by atoms with van der Waals surface area (Å²) in [5.74, 6) is -0.123. The summed E-state index contributed by atoms with van der Waals surface area (Å²) < 4.78 is 0. The highest BCUT2D eigenvalue weighted by Crippen LogP contribution is 2.29. The van der Waals surface area contributed by atoms with E-state index in [4.69, 9.17) is 23.2 Å². The number of benzene rings is 1. The molecule has 0 radical (unpaired) electrons. The summed E-state index contributed by atoms with van der Waals surface area (Å²) >= 11 is 13.5. The monoisotopic (exact) mass is 369 g/mol. The van der Waals surface area contributed by atoms with Crippen molar-refractivity contribution < 1.29 is 4.79 Å². The van der Waals surface area contributed by atoms with E-state index in [9.17, 15) is 4.79 Å². The summed E-state index contributed by atoms with van der Waals surface area (Å²) in [6, 6.07) is 5.14. The fourth-order valence-electron chi connectivity index (χ4n) is 2.21. The number of thioether (sulfide) groups is 1. The normalized spacial score (nSPS) is 10.7. The first-order valence-electron chi connectivity index (χ1n) is 7.04. The maximum Gasteiger partial charge on any atom is 0.224 e. The van der Waals surface area contributed by atoms with Crippen molar-refractivity contribution in [3.8, 4) is 0 Å². The summed E-state index contributed by atoms with van der Waals surface area (Å²) in [5, 5.41) is 4.30. The van der Waals surface area contributed by atoms with Crippen LogP contribution in [0, 0.1) is 13.8 Å². The Kier molecular flexibility index (Phi) is 6.27. The summed E-state index contributed by atoms with van der Waals surface area (Å²) in [6.07, 6.45) is 2.85. The Morgan fingerprint density at radius 1 is 1.22 bits per heavy atom. The maximum absolute atomic E-state index is 12.1. The van der Waals surface area contributed by atoms with Gasteiger partial charge in [-0.15, -0.1) is 0 Å². The largest absolute Gasteiger partial charge is 0.325 e. The van der Waals surface area contributed by atoms with Crippen molar-refractivity contribution in [1.29, 1.82) is 0 Å². The molecule has 23 heavy (non-hydrogen) atoms. The quantitative estimate of drug-likeness (QED) is 0.613. The van der Waals surface area contributed by atoms with Gasteiger partial charge >= 0.3 is 0 Å². The molecule has 1 N–H and O–H groups in total. The zero-order valence-electron chi connectivity index (χ0n) is 13.1. The lowest BCUT2D eigenvalue weighted by molar-refractivity contribution is -0.116. The van der Waals surface area contributed by atoms with Gasteiger partial charge in [0.1, 0.15) is 0 Å². The second kappa shape index (κ2) is 7.99. The first-order chi connectivity index (χ1) is 10.9. The molecule has 122 valence electrons. The van der Waals surface area contributed by atoms with Gasteiger partial charge in [-0.3, -0.25) is 4.79 Å². The predicted octanol–water partition coefficient (Wildman–Crippen LogP) is 4.69. The molecule has 0 saturated carbocycles. The molecule has 0 fully saturated rings. The summed E-state index contributed by atoms with van der Waals surface area (Å²) in [4.78, 5) is 21.0. The van der Waals surface area contributed by atoms with E-state index >= 15 is 0 Å². The Morgan fingerprint density at radius 3 is 2.48 bits per heavy atom. The van der Waals surface area contributed by atoms with Crippen LogP contribution in [0.4, 0.5) is 5.69 Å². The first-order valence-corrected chi connectivity index (χ1v) is 9.02. The van der Waals surface area contributed by atoms with Crippen LogP contribution >= 0.6 is 35.0 Å². The minimum absolute atomic E-state index is 0.123. The molecule has 1 aromatic carbocycles. The highest BCUT2D eigenvalue weighted by atomic mass is 35.5. The van der Waals surface area contributed by atoms with Crippen molar-refractivity contribution in [2.75, 3.05) is 11.6 Å². The molecule has 0 saturated heterocycles. The number of hydrogen-bond donors (Lipinski definition) is 1. The molecule has 1 amide bonds. The summed E-state index contributed by atoms with van der Waals surface area (Å²) in [5.41, 5.74) is 3.35.